The third-order valence-electron chi connectivity index (χ3n) is 4.78. The monoisotopic (exact) mass is 368 g/mol. The number of unbranched alkanes of at least 4 members (excludes halogenated alkanes) is 3. The van der Waals surface area contributed by atoms with Crippen LogP contribution in [0.5, 0.6) is 5.75 Å². The number of likely N-dealkylation sites (tertiary alicyclic amines) is 1. The van der Waals surface area contributed by atoms with Crippen molar-refractivity contribution in [1.82, 2.24) is 4.90 Å². The molecule has 1 fully saturated rings. The van der Waals surface area contributed by atoms with Gasteiger partial charge in [-0.2, -0.15) is 0 Å². The fourth-order valence-corrected chi connectivity index (χ4v) is 3.17. The zero-order valence-corrected chi connectivity index (χ0v) is 16.4. The second kappa shape index (κ2) is 11.4. The molecule has 1 heterocycles. The number of amides is 1. The Labute approximate surface area is 158 Å². The Balaban J connectivity index is 0.00000312. The maximum absolute atomic E-state index is 12.3. The molecule has 1 aromatic rings. The molecule has 0 saturated carbocycles. The number of ether oxygens (including phenoxy) is 1. The third-order valence-corrected chi connectivity index (χ3v) is 4.78. The molecule has 1 aliphatic heterocycles. The number of aryl methyl sites for hydroxylation is 2. The Kier molecular flexibility index (Phi) is 9.91. The zero-order chi connectivity index (χ0) is 17.4. The van der Waals surface area contributed by atoms with E-state index in [1.54, 1.807) is 0 Å². The highest BCUT2D eigenvalue weighted by Gasteiger charge is 2.23. The minimum Gasteiger partial charge on any atom is -0.490 e. The van der Waals surface area contributed by atoms with Gasteiger partial charge in [0.15, 0.2) is 0 Å². The molecular weight excluding hydrogens is 336 g/mol. The highest BCUT2D eigenvalue weighted by Crippen LogP contribution is 2.24. The van der Waals surface area contributed by atoms with Gasteiger partial charge in [-0.3, -0.25) is 4.79 Å². The van der Waals surface area contributed by atoms with Crippen molar-refractivity contribution in [3.63, 3.8) is 0 Å². The van der Waals surface area contributed by atoms with Crippen molar-refractivity contribution in [2.24, 2.45) is 5.73 Å². The van der Waals surface area contributed by atoms with E-state index in [1.165, 1.54) is 11.1 Å². The summed E-state index contributed by atoms with van der Waals surface area (Å²) in [6, 6.07) is 6.32. The van der Waals surface area contributed by atoms with Gasteiger partial charge >= 0.3 is 0 Å². The van der Waals surface area contributed by atoms with Crippen LogP contribution in [0.15, 0.2) is 18.2 Å². The van der Waals surface area contributed by atoms with Crippen LogP contribution in [0.4, 0.5) is 0 Å². The molecule has 4 nitrogen and oxygen atoms in total. The molecule has 5 heteroatoms. The minimum absolute atomic E-state index is 0. The van der Waals surface area contributed by atoms with Crippen LogP contribution in [0.2, 0.25) is 0 Å². The summed E-state index contributed by atoms with van der Waals surface area (Å²) in [5.41, 5.74) is 7.88. The lowest BCUT2D eigenvalue weighted by Gasteiger charge is -2.32. The van der Waals surface area contributed by atoms with Crippen molar-refractivity contribution in [3.05, 3.63) is 29.3 Å². The number of nitrogens with zero attached hydrogens (tertiary/aromatic N) is 1. The maximum atomic E-state index is 12.3. The van der Waals surface area contributed by atoms with Gasteiger partial charge in [0.05, 0.1) is 0 Å². The van der Waals surface area contributed by atoms with Crippen LogP contribution in [-0.2, 0) is 4.79 Å². The smallest absolute Gasteiger partial charge is 0.222 e. The molecule has 142 valence electrons. The van der Waals surface area contributed by atoms with E-state index in [0.29, 0.717) is 12.3 Å². The van der Waals surface area contributed by atoms with E-state index in [4.69, 9.17) is 10.5 Å². The number of benzene rings is 1. The molecule has 0 aromatic heterocycles. The molecule has 25 heavy (non-hydrogen) atoms. The van der Waals surface area contributed by atoms with E-state index in [9.17, 15) is 4.79 Å². The van der Waals surface area contributed by atoms with E-state index in [0.717, 1.165) is 63.9 Å². The molecule has 0 spiro atoms. The van der Waals surface area contributed by atoms with Crippen molar-refractivity contribution in [3.8, 4) is 5.75 Å². The summed E-state index contributed by atoms with van der Waals surface area (Å²) >= 11 is 0. The number of rotatable bonds is 8. The average Bonchev–Trinajstić information content (AvgIpc) is 2.58. The van der Waals surface area contributed by atoms with E-state index in [-0.39, 0.29) is 18.5 Å². The van der Waals surface area contributed by atoms with Crippen molar-refractivity contribution >= 4 is 18.3 Å². The summed E-state index contributed by atoms with van der Waals surface area (Å²) in [7, 11) is 0. The van der Waals surface area contributed by atoms with Gasteiger partial charge in [-0.05, 0) is 50.4 Å². The van der Waals surface area contributed by atoms with Gasteiger partial charge in [-0.25, -0.2) is 0 Å². The van der Waals surface area contributed by atoms with Crippen LogP contribution in [0.1, 0.15) is 56.1 Å². The largest absolute Gasteiger partial charge is 0.490 e. The second-order valence-electron chi connectivity index (χ2n) is 6.92. The average molecular weight is 369 g/mol. The lowest BCUT2D eigenvalue weighted by molar-refractivity contribution is -0.133. The summed E-state index contributed by atoms with van der Waals surface area (Å²) < 4.78 is 6.17. The fraction of sp³-hybridized carbons (Fsp3) is 0.650. The molecule has 1 aliphatic rings. The first-order valence-corrected chi connectivity index (χ1v) is 9.32. The van der Waals surface area contributed by atoms with Crippen molar-refractivity contribution < 1.29 is 9.53 Å². The number of piperidine rings is 1. The van der Waals surface area contributed by atoms with Crippen LogP contribution in [-0.4, -0.2) is 36.5 Å². The van der Waals surface area contributed by atoms with Gasteiger partial charge < -0.3 is 15.4 Å². The predicted octanol–water partition coefficient (Wildman–Crippen LogP) is 4.00. The van der Waals surface area contributed by atoms with Crippen LogP contribution in [0.3, 0.4) is 0 Å². The molecule has 1 saturated heterocycles. The van der Waals surface area contributed by atoms with Gasteiger partial charge in [0.2, 0.25) is 5.91 Å². The molecule has 1 amide bonds. The normalized spacial score (nSPS) is 14.9. The minimum atomic E-state index is 0. The first kappa shape index (κ1) is 21.8. The van der Waals surface area contributed by atoms with E-state index in [1.807, 2.05) is 4.90 Å². The molecule has 0 aliphatic carbocycles. The highest BCUT2D eigenvalue weighted by molar-refractivity contribution is 5.85. The molecule has 2 N–H and O–H groups in total. The van der Waals surface area contributed by atoms with E-state index >= 15 is 0 Å². The van der Waals surface area contributed by atoms with Gasteiger partial charge in [-0.1, -0.05) is 25.0 Å². The number of nitrogens with two attached hydrogens (primary N) is 1. The van der Waals surface area contributed by atoms with Crippen molar-refractivity contribution in [1.29, 1.82) is 0 Å². The van der Waals surface area contributed by atoms with E-state index in [2.05, 4.69) is 32.0 Å². The summed E-state index contributed by atoms with van der Waals surface area (Å²) in [4.78, 5) is 14.3. The number of hydrogen-bond donors (Lipinski definition) is 1. The van der Waals surface area contributed by atoms with Gasteiger partial charge in [-0.15, -0.1) is 12.4 Å². The lowest BCUT2D eigenvalue weighted by atomic mass is 10.1. The summed E-state index contributed by atoms with van der Waals surface area (Å²) in [5, 5.41) is 0. The number of carbonyl (C=O) groups is 1. The van der Waals surface area contributed by atoms with Gasteiger partial charge in [0, 0.05) is 32.4 Å². The molecular formula is C20H33ClN2O2. The molecule has 0 bridgehead atoms. The Morgan fingerprint density at radius 2 is 1.84 bits per heavy atom. The number of hydrogen-bond acceptors (Lipinski definition) is 3. The summed E-state index contributed by atoms with van der Waals surface area (Å²) in [6.07, 6.45) is 7.03. The first-order chi connectivity index (χ1) is 11.6. The molecule has 0 unspecified atom stereocenters. The van der Waals surface area contributed by atoms with Crippen LogP contribution < -0.4 is 10.5 Å². The molecule has 0 radical (unpaired) electrons. The lowest BCUT2D eigenvalue weighted by Crippen LogP contribution is -2.41. The maximum Gasteiger partial charge on any atom is 0.222 e. The summed E-state index contributed by atoms with van der Waals surface area (Å²) in [5.74, 6) is 1.28. The third kappa shape index (κ3) is 7.25. The summed E-state index contributed by atoms with van der Waals surface area (Å²) in [6.45, 7) is 6.55. The second-order valence-corrected chi connectivity index (χ2v) is 6.92. The SMILES string of the molecule is Cc1ccc(C)c(OC2CCN(C(=O)CCCCCCN)CC2)c1.Cl. The molecule has 2 rings (SSSR count). The Bertz CT molecular complexity index is 528. The number of carbonyl (C=O) groups excluding carboxylic acids is 1. The van der Waals surface area contributed by atoms with Crippen LogP contribution in [0.25, 0.3) is 0 Å². The molecule has 0 atom stereocenters. The Morgan fingerprint density at radius 3 is 2.52 bits per heavy atom. The number of halogens is 1. The Morgan fingerprint density at radius 1 is 1.16 bits per heavy atom. The Hall–Kier alpha value is -1.26. The predicted molar refractivity (Wildman–Crippen MR) is 106 cm³/mol. The first-order valence-electron chi connectivity index (χ1n) is 9.32. The van der Waals surface area contributed by atoms with Crippen molar-refractivity contribution in [2.45, 2.75) is 64.9 Å². The van der Waals surface area contributed by atoms with E-state index < -0.39 is 0 Å². The van der Waals surface area contributed by atoms with Crippen LogP contribution in [0, 0.1) is 13.8 Å². The van der Waals surface area contributed by atoms with Gasteiger partial charge in [0.1, 0.15) is 11.9 Å². The topological polar surface area (TPSA) is 55.6 Å². The van der Waals surface area contributed by atoms with Gasteiger partial charge in [0.25, 0.3) is 0 Å². The highest BCUT2D eigenvalue weighted by atomic mass is 35.5. The van der Waals surface area contributed by atoms with Crippen molar-refractivity contribution in [2.75, 3.05) is 19.6 Å². The zero-order valence-electron chi connectivity index (χ0n) is 15.6. The fourth-order valence-electron chi connectivity index (χ4n) is 3.17. The standard InChI is InChI=1S/C20H32N2O2.ClH/c1-16-8-9-17(2)19(15-16)24-18-10-13-22(14-11-18)20(23)7-5-3-4-6-12-21;/h8-9,15,18H,3-7,10-14,21H2,1-2H3;1H. The quantitative estimate of drug-likeness (QED) is 0.705. The molecule has 1 aromatic carbocycles. The van der Waals surface area contributed by atoms with Crippen LogP contribution >= 0.6 is 12.4 Å².